The Balaban J connectivity index is 1.94. The molecular formula is C21H19FN2O4. The molecule has 28 heavy (non-hydrogen) atoms. The van der Waals surface area contributed by atoms with E-state index in [0.29, 0.717) is 11.1 Å². The molecular weight excluding hydrogens is 363 g/mol. The van der Waals surface area contributed by atoms with Gasteiger partial charge in [-0.2, -0.15) is 0 Å². The molecule has 0 bridgehead atoms. The molecule has 1 N–H and O–H groups in total. The number of nitrogens with zero attached hydrogens (tertiary/aromatic N) is 1. The molecule has 2 saturated heterocycles. The molecule has 0 radical (unpaired) electrons. The van der Waals surface area contributed by atoms with Crippen LogP contribution in [-0.2, 0) is 24.7 Å². The number of imide groups is 1. The summed E-state index contributed by atoms with van der Waals surface area (Å²) in [6.45, 7) is 0. The summed E-state index contributed by atoms with van der Waals surface area (Å²) in [7, 11) is 2.66. The maximum atomic E-state index is 13.4. The predicted octanol–water partition coefficient (Wildman–Crippen LogP) is 1.77. The lowest BCUT2D eigenvalue weighted by atomic mass is 9.75. The summed E-state index contributed by atoms with van der Waals surface area (Å²) >= 11 is 0. The van der Waals surface area contributed by atoms with Gasteiger partial charge < -0.3 is 4.74 Å². The summed E-state index contributed by atoms with van der Waals surface area (Å²) in [5.41, 5.74) is -0.357. The smallest absolute Gasteiger partial charge is 0.331 e. The molecule has 2 aromatic carbocycles. The van der Waals surface area contributed by atoms with Crippen LogP contribution in [0.25, 0.3) is 0 Å². The van der Waals surface area contributed by atoms with Crippen LogP contribution in [0.4, 0.5) is 4.39 Å². The minimum absolute atomic E-state index is 0.376. The number of methoxy groups -OCH3 is 1. The highest BCUT2D eigenvalue weighted by molar-refractivity contribution is 6.09. The largest absolute Gasteiger partial charge is 0.467 e. The Kier molecular flexibility index (Phi) is 4.27. The molecule has 0 saturated carbocycles. The van der Waals surface area contributed by atoms with E-state index in [0.717, 1.165) is 4.90 Å². The zero-order valence-electron chi connectivity index (χ0n) is 15.4. The van der Waals surface area contributed by atoms with Crippen LogP contribution >= 0.6 is 0 Å². The van der Waals surface area contributed by atoms with Gasteiger partial charge in [-0.1, -0.05) is 42.5 Å². The third-order valence-corrected chi connectivity index (χ3v) is 5.75. The van der Waals surface area contributed by atoms with Crippen molar-refractivity contribution in [1.29, 1.82) is 0 Å². The van der Waals surface area contributed by atoms with E-state index in [1.165, 1.54) is 26.3 Å². The fourth-order valence-corrected chi connectivity index (χ4v) is 4.44. The third kappa shape index (κ3) is 2.39. The average Bonchev–Trinajstić information content (AvgIpc) is 3.19. The molecule has 4 atom stereocenters. The van der Waals surface area contributed by atoms with Gasteiger partial charge in [0.05, 0.1) is 18.9 Å². The summed E-state index contributed by atoms with van der Waals surface area (Å²) in [6.07, 6.45) is 0. The van der Waals surface area contributed by atoms with Gasteiger partial charge >= 0.3 is 5.97 Å². The molecule has 7 heteroatoms. The van der Waals surface area contributed by atoms with Crippen LogP contribution in [0.5, 0.6) is 0 Å². The van der Waals surface area contributed by atoms with Crippen molar-refractivity contribution in [3.05, 3.63) is 71.5 Å². The molecule has 2 fully saturated rings. The minimum Gasteiger partial charge on any atom is -0.467 e. The van der Waals surface area contributed by atoms with Crippen molar-refractivity contribution in [1.82, 2.24) is 10.2 Å². The molecule has 2 aromatic rings. The lowest BCUT2D eigenvalue weighted by molar-refractivity contribution is -0.154. The predicted molar refractivity (Wildman–Crippen MR) is 97.2 cm³/mol. The van der Waals surface area contributed by atoms with Crippen LogP contribution in [0.1, 0.15) is 17.2 Å². The van der Waals surface area contributed by atoms with Gasteiger partial charge in [-0.05, 0) is 23.3 Å². The van der Waals surface area contributed by atoms with Crippen molar-refractivity contribution in [2.24, 2.45) is 11.8 Å². The molecule has 2 amide bonds. The highest BCUT2D eigenvalue weighted by Gasteiger charge is 2.68. The van der Waals surface area contributed by atoms with Gasteiger partial charge in [0.15, 0.2) is 5.54 Å². The van der Waals surface area contributed by atoms with Gasteiger partial charge in [0.25, 0.3) is 0 Å². The molecule has 2 aliphatic rings. The maximum Gasteiger partial charge on any atom is 0.331 e. The van der Waals surface area contributed by atoms with E-state index >= 15 is 0 Å². The second-order valence-corrected chi connectivity index (χ2v) is 7.08. The van der Waals surface area contributed by atoms with Gasteiger partial charge in [0, 0.05) is 13.1 Å². The molecule has 0 aromatic heterocycles. The number of nitrogens with one attached hydrogen (secondary N) is 1. The summed E-state index contributed by atoms with van der Waals surface area (Å²) < 4.78 is 18.5. The second kappa shape index (κ2) is 6.53. The maximum absolute atomic E-state index is 13.4. The van der Waals surface area contributed by atoms with Crippen LogP contribution in [0.3, 0.4) is 0 Å². The standard InChI is InChI=1S/C21H19FN2O4/c1-24-18(25)15-16(19(24)26)21(20(27)28-2,13-6-4-3-5-7-13)23-17(15)12-8-10-14(22)11-9-12/h3-11,15-17,23H,1-2H3. The number of esters is 1. The first kappa shape index (κ1) is 18.3. The minimum atomic E-state index is -1.52. The van der Waals surface area contributed by atoms with Crippen molar-refractivity contribution in [3.8, 4) is 0 Å². The number of carbonyl (C=O) groups excluding carboxylic acids is 3. The topological polar surface area (TPSA) is 75.7 Å². The Morgan fingerprint density at radius 2 is 1.71 bits per heavy atom. The zero-order valence-corrected chi connectivity index (χ0v) is 15.4. The fourth-order valence-electron chi connectivity index (χ4n) is 4.44. The Bertz CT molecular complexity index is 947. The van der Waals surface area contributed by atoms with E-state index in [2.05, 4.69) is 5.32 Å². The number of benzene rings is 2. The lowest BCUT2D eigenvalue weighted by Gasteiger charge is -2.32. The number of likely N-dealkylation sites (tertiary alicyclic amines) is 1. The molecule has 0 spiro atoms. The molecule has 4 rings (SSSR count). The molecule has 2 aliphatic heterocycles. The monoisotopic (exact) mass is 382 g/mol. The number of ether oxygens (including phenoxy) is 1. The summed E-state index contributed by atoms with van der Waals surface area (Å²) in [4.78, 5) is 40.1. The quantitative estimate of drug-likeness (QED) is 0.647. The van der Waals surface area contributed by atoms with E-state index < -0.39 is 41.1 Å². The van der Waals surface area contributed by atoms with Gasteiger partial charge in [0.1, 0.15) is 5.82 Å². The van der Waals surface area contributed by atoms with Crippen LogP contribution < -0.4 is 5.32 Å². The van der Waals surface area contributed by atoms with Crippen molar-refractivity contribution < 1.29 is 23.5 Å². The number of amides is 2. The molecule has 0 aliphatic carbocycles. The van der Waals surface area contributed by atoms with Crippen molar-refractivity contribution in [3.63, 3.8) is 0 Å². The number of carbonyl (C=O) groups is 3. The van der Waals surface area contributed by atoms with Crippen molar-refractivity contribution in [2.75, 3.05) is 14.2 Å². The first-order chi connectivity index (χ1) is 13.4. The molecule has 4 unspecified atom stereocenters. The average molecular weight is 382 g/mol. The van der Waals surface area contributed by atoms with Crippen LogP contribution in [0.2, 0.25) is 0 Å². The van der Waals surface area contributed by atoms with Gasteiger partial charge in [-0.25, -0.2) is 9.18 Å². The Morgan fingerprint density at radius 1 is 1.07 bits per heavy atom. The fraction of sp³-hybridized carbons (Fsp3) is 0.286. The SMILES string of the molecule is COC(=O)C1(c2ccccc2)NC(c2ccc(F)cc2)C2C(=O)N(C)C(=O)C21. The van der Waals surface area contributed by atoms with Gasteiger partial charge in [0.2, 0.25) is 11.8 Å². The van der Waals surface area contributed by atoms with E-state index in [-0.39, 0.29) is 5.91 Å². The first-order valence-electron chi connectivity index (χ1n) is 8.90. The second-order valence-electron chi connectivity index (χ2n) is 7.08. The van der Waals surface area contributed by atoms with Crippen LogP contribution in [-0.4, -0.2) is 36.8 Å². The highest BCUT2D eigenvalue weighted by atomic mass is 19.1. The molecule has 2 heterocycles. The Labute approximate surface area is 161 Å². The van der Waals surface area contributed by atoms with Gasteiger partial charge in [-0.3, -0.25) is 19.8 Å². The van der Waals surface area contributed by atoms with Crippen LogP contribution in [0, 0.1) is 17.7 Å². The molecule has 6 nitrogen and oxygen atoms in total. The molecule has 144 valence electrons. The number of halogens is 1. The third-order valence-electron chi connectivity index (χ3n) is 5.75. The zero-order chi connectivity index (χ0) is 20.1. The van der Waals surface area contributed by atoms with E-state index in [9.17, 15) is 18.8 Å². The highest BCUT2D eigenvalue weighted by Crippen LogP contribution is 2.53. The van der Waals surface area contributed by atoms with E-state index in [4.69, 9.17) is 4.74 Å². The van der Waals surface area contributed by atoms with Crippen molar-refractivity contribution >= 4 is 17.8 Å². The number of fused-ring (bicyclic) bond motifs is 1. The Hall–Kier alpha value is -3.06. The number of hydrogen-bond acceptors (Lipinski definition) is 5. The van der Waals surface area contributed by atoms with E-state index in [1.54, 1.807) is 42.5 Å². The summed E-state index contributed by atoms with van der Waals surface area (Å²) in [5, 5.41) is 3.23. The van der Waals surface area contributed by atoms with Crippen LogP contribution in [0.15, 0.2) is 54.6 Å². The van der Waals surface area contributed by atoms with Gasteiger partial charge in [-0.15, -0.1) is 0 Å². The summed E-state index contributed by atoms with van der Waals surface area (Å²) in [6, 6.07) is 13.8. The van der Waals surface area contributed by atoms with Crippen molar-refractivity contribution in [2.45, 2.75) is 11.6 Å². The summed E-state index contributed by atoms with van der Waals surface area (Å²) in [5.74, 6) is -3.64. The number of hydrogen-bond donors (Lipinski definition) is 1. The first-order valence-corrected chi connectivity index (χ1v) is 8.90. The Morgan fingerprint density at radius 3 is 2.32 bits per heavy atom. The lowest BCUT2D eigenvalue weighted by Crippen LogP contribution is -2.53. The number of rotatable bonds is 3. The normalized spacial score (nSPS) is 29.1. The van der Waals surface area contributed by atoms with E-state index in [1.807, 2.05) is 0 Å².